The number of nitrogens with zero attached hydrogens (tertiary/aromatic N) is 1. The van der Waals surface area contributed by atoms with Gasteiger partial charge in [-0.1, -0.05) is 36.4 Å². The molecule has 4 fully saturated rings. The molecular formula is C28H29N. The Labute approximate surface area is 174 Å². The van der Waals surface area contributed by atoms with Gasteiger partial charge in [-0.2, -0.15) is 0 Å². The Bertz CT molecular complexity index is 996. The van der Waals surface area contributed by atoms with Gasteiger partial charge in [0.05, 0.1) is 0 Å². The average Bonchev–Trinajstić information content (AvgIpc) is 2.73. The van der Waals surface area contributed by atoms with Crippen LogP contribution in [0.1, 0.15) is 49.7 Å². The third-order valence-electron chi connectivity index (χ3n) is 7.96. The summed E-state index contributed by atoms with van der Waals surface area (Å²) in [7, 11) is 0. The van der Waals surface area contributed by atoms with Crippen LogP contribution in [0.15, 0.2) is 67.0 Å². The highest BCUT2D eigenvalue weighted by Crippen LogP contribution is 2.60. The zero-order valence-electron chi connectivity index (χ0n) is 17.3. The lowest BCUT2D eigenvalue weighted by molar-refractivity contribution is -0.00518. The fourth-order valence-corrected chi connectivity index (χ4v) is 7.14. The molecule has 0 aliphatic heterocycles. The van der Waals surface area contributed by atoms with Crippen molar-refractivity contribution >= 4 is 0 Å². The number of hydrogen-bond acceptors (Lipinski definition) is 1. The zero-order valence-corrected chi connectivity index (χ0v) is 17.3. The van der Waals surface area contributed by atoms with E-state index in [-0.39, 0.29) is 0 Å². The first-order valence-electron chi connectivity index (χ1n) is 11.3. The van der Waals surface area contributed by atoms with Gasteiger partial charge >= 0.3 is 0 Å². The maximum Gasteiger partial charge on any atom is 0.0273 e. The summed E-state index contributed by atoms with van der Waals surface area (Å²) in [5, 5.41) is 0. The highest BCUT2D eigenvalue weighted by atomic mass is 14.6. The number of aromatic nitrogens is 1. The summed E-state index contributed by atoms with van der Waals surface area (Å²) in [5.74, 6) is 3.00. The minimum Gasteiger partial charge on any atom is -0.265 e. The first-order valence-corrected chi connectivity index (χ1v) is 11.3. The molecule has 1 heterocycles. The molecule has 0 atom stereocenters. The smallest absolute Gasteiger partial charge is 0.0273 e. The van der Waals surface area contributed by atoms with Gasteiger partial charge in [0.25, 0.3) is 0 Å². The summed E-state index contributed by atoms with van der Waals surface area (Å²) >= 11 is 0. The van der Waals surface area contributed by atoms with E-state index in [9.17, 15) is 0 Å². The van der Waals surface area contributed by atoms with Crippen LogP contribution < -0.4 is 0 Å². The van der Waals surface area contributed by atoms with Gasteiger partial charge in [-0.25, -0.2) is 0 Å². The molecule has 1 nitrogen and oxygen atoms in total. The fourth-order valence-electron chi connectivity index (χ4n) is 7.14. The van der Waals surface area contributed by atoms with E-state index in [2.05, 4.69) is 66.5 Å². The Kier molecular flexibility index (Phi) is 3.94. The topological polar surface area (TPSA) is 12.9 Å². The molecule has 146 valence electrons. The Morgan fingerprint density at radius 2 is 1.17 bits per heavy atom. The van der Waals surface area contributed by atoms with Crippen LogP contribution in [0.4, 0.5) is 0 Å². The Morgan fingerprint density at radius 3 is 1.72 bits per heavy atom. The first-order chi connectivity index (χ1) is 14.2. The second kappa shape index (κ2) is 6.55. The number of aryl methyl sites for hydroxylation is 1. The van der Waals surface area contributed by atoms with Gasteiger partial charge in [0.1, 0.15) is 0 Å². The van der Waals surface area contributed by atoms with E-state index in [1.165, 1.54) is 66.3 Å². The molecule has 4 aliphatic rings. The van der Waals surface area contributed by atoms with Crippen molar-refractivity contribution in [3.05, 3.63) is 78.1 Å². The Balaban J connectivity index is 1.33. The number of hydrogen-bond donors (Lipinski definition) is 0. The van der Waals surface area contributed by atoms with Crippen molar-refractivity contribution in [2.24, 2.45) is 17.8 Å². The predicted molar refractivity (Wildman–Crippen MR) is 120 cm³/mol. The van der Waals surface area contributed by atoms with Crippen LogP contribution in [-0.4, -0.2) is 4.98 Å². The molecule has 4 aliphatic carbocycles. The minimum atomic E-state index is 0.488. The highest BCUT2D eigenvalue weighted by Gasteiger charge is 2.51. The van der Waals surface area contributed by atoms with E-state index >= 15 is 0 Å². The van der Waals surface area contributed by atoms with Gasteiger partial charge in [0.2, 0.25) is 0 Å². The van der Waals surface area contributed by atoms with Crippen LogP contribution >= 0.6 is 0 Å². The second-order valence-electron chi connectivity index (χ2n) is 10.1. The maximum atomic E-state index is 4.16. The van der Waals surface area contributed by atoms with Crippen molar-refractivity contribution in [3.63, 3.8) is 0 Å². The normalized spacial score (nSPS) is 29.9. The Hall–Kier alpha value is -2.41. The molecule has 3 aromatic rings. The van der Waals surface area contributed by atoms with Crippen LogP contribution in [-0.2, 0) is 5.41 Å². The van der Waals surface area contributed by atoms with Crippen molar-refractivity contribution < 1.29 is 0 Å². The lowest BCUT2D eigenvalue weighted by Crippen LogP contribution is -2.48. The van der Waals surface area contributed by atoms with Crippen molar-refractivity contribution in [1.82, 2.24) is 4.98 Å². The van der Waals surface area contributed by atoms with Crippen molar-refractivity contribution in [3.8, 4) is 22.3 Å². The lowest BCUT2D eigenvalue weighted by Gasteiger charge is -2.57. The summed E-state index contributed by atoms with van der Waals surface area (Å²) < 4.78 is 0. The molecule has 4 bridgehead atoms. The van der Waals surface area contributed by atoms with Gasteiger partial charge in [-0.15, -0.1) is 0 Å². The maximum absolute atomic E-state index is 4.16. The van der Waals surface area contributed by atoms with Gasteiger partial charge in [0.15, 0.2) is 0 Å². The number of pyridine rings is 1. The van der Waals surface area contributed by atoms with Crippen molar-refractivity contribution in [1.29, 1.82) is 0 Å². The molecule has 4 saturated carbocycles. The van der Waals surface area contributed by atoms with Crippen LogP contribution in [0.25, 0.3) is 22.3 Å². The largest absolute Gasteiger partial charge is 0.265 e. The van der Waals surface area contributed by atoms with Gasteiger partial charge in [0, 0.05) is 12.4 Å². The van der Waals surface area contributed by atoms with E-state index in [1.54, 1.807) is 5.56 Å². The van der Waals surface area contributed by atoms with E-state index in [0.717, 1.165) is 17.8 Å². The number of benzene rings is 2. The predicted octanol–water partition coefficient (Wildman–Crippen LogP) is 7.19. The summed E-state index contributed by atoms with van der Waals surface area (Å²) in [6.45, 7) is 2.19. The summed E-state index contributed by atoms with van der Waals surface area (Å²) in [6, 6.07) is 20.7. The molecule has 2 aromatic carbocycles. The van der Waals surface area contributed by atoms with Crippen LogP contribution in [0.3, 0.4) is 0 Å². The van der Waals surface area contributed by atoms with Gasteiger partial charge in [-0.05, 0) is 120 Å². The Morgan fingerprint density at radius 1 is 0.655 bits per heavy atom. The molecule has 1 aromatic heterocycles. The van der Waals surface area contributed by atoms with Gasteiger partial charge < -0.3 is 0 Å². The molecule has 7 rings (SSSR count). The van der Waals surface area contributed by atoms with E-state index in [0.29, 0.717) is 5.41 Å². The molecule has 0 saturated heterocycles. The lowest BCUT2D eigenvalue weighted by atomic mass is 9.48. The third kappa shape index (κ3) is 3.03. The summed E-state index contributed by atoms with van der Waals surface area (Å²) in [5.41, 5.74) is 8.55. The van der Waals surface area contributed by atoms with Crippen LogP contribution in [0, 0.1) is 24.7 Å². The SMILES string of the molecule is Cc1cc(-c2ccncc2)cc(-c2ccc(C34CC5CC(CC(C5)C3)C4)cc2)c1. The highest BCUT2D eigenvalue weighted by molar-refractivity contribution is 5.74. The minimum absolute atomic E-state index is 0.488. The molecular weight excluding hydrogens is 350 g/mol. The summed E-state index contributed by atoms with van der Waals surface area (Å²) in [6.07, 6.45) is 12.6. The van der Waals surface area contributed by atoms with E-state index < -0.39 is 0 Å². The first kappa shape index (κ1) is 17.4. The van der Waals surface area contributed by atoms with Crippen molar-refractivity contribution in [2.75, 3.05) is 0 Å². The molecule has 0 radical (unpaired) electrons. The fraction of sp³-hybridized carbons (Fsp3) is 0.393. The standard InChI is InChI=1S/C28H29N/c1-19-10-25(15-26(11-19)24-6-8-29-9-7-24)23-2-4-27(5-3-23)28-16-20-12-21(17-28)14-22(13-20)18-28/h2-11,15,20-22H,12-14,16-18H2,1H3. The zero-order chi connectivity index (χ0) is 19.4. The third-order valence-corrected chi connectivity index (χ3v) is 7.96. The molecule has 29 heavy (non-hydrogen) atoms. The monoisotopic (exact) mass is 379 g/mol. The molecule has 0 unspecified atom stereocenters. The second-order valence-corrected chi connectivity index (χ2v) is 10.1. The van der Waals surface area contributed by atoms with Crippen LogP contribution in [0.2, 0.25) is 0 Å². The summed E-state index contributed by atoms with van der Waals surface area (Å²) in [4.78, 5) is 4.16. The molecule has 1 heteroatoms. The number of rotatable bonds is 3. The van der Waals surface area contributed by atoms with Crippen molar-refractivity contribution in [2.45, 2.75) is 50.9 Å². The molecule has 0 amide bonds. The van der Waals surface area contributed by atoms with E-state index in [4.69, 9.17) is 0 Å². The molecule has 0 N–H and O–H groups in total. The average molecular weight is 380 g/mol. The van der Waals surface area contributed by atoms with Crippen LogP contribution in [0.5, 0.6) is 0 Å². The molecule has 0 spiro atoms. The van der Waals surface area contributed by atoms with Gasteiger partial charge in [-0.3, -0.25) is 4.98 Å². The van der Waals surface area contributed by atoms with E-state index in [1.807, 2.05) is 12.4 Å². The quantitative estimate of drug-likeness (QED) is 0.469.